The molecule has 0 saturated carbocycles. The zero-order valence-corrected chi connectivity index (χ0v) is 11.2. The van der Waals surface area contributed by atoms with E-state index >= 15 is 0 Å². The fourth-order valence-electron chi connectivity index (χ4n) is 1.67. The van der Waals surface area contributed by atoms with E-state index in [-0.39, 0.29) is 12.1 Å². The molecule has 1 aromatic heterocycles. The number of rotatable bonds is 4. The summed E-state index contributed by atoms with van der Waals surface area (Å²) in [5.41, 5.74) is 5.77. The van der Waals surface area contributed by atoms with Gasteiger partial charge in [0, 0.05) is 18.5 Å². The average Bonchev–Trinajstić information content (AvgIpc) is 2.99. The lowest BCUT2D eigenvalue weighted by molar-refractivity contribution is 0.0950. The summed E-state index contributed by atoms with van der Waals surface area (Å²) < 4.78 is 13.7. The van der Waals surface area contributed by atoms with Crippen LogP contribution >= 0.6 is 0 Å². The Labute approximate surface area is 121 Å². The fourth-order valence-corrected chi connectivity index (χ4v) is 1.67. The molecule has 0 spiro atoms. The lowest BCUT2D eigenvalue weighted by Gasteiger charge is -2.05. The number of aromatic nitrogens is 3. The number of H-pyrrole nitrogens is 1. The van der Waals surface area contributed by atoms with Crippen molar-refractivity contribution in [1.82, 2.24) is 20.5 Å². The number of benzene rings is 1. The molecule has 1 aromatic carbocycles. The highest BCUT2D eigenvalue weighted by Gasteiger charge is 2.11. The van der Waals surface area contributed by atoms with Crippen LogP contribution in [0.3, 0.4) is 0 Å². The molecular weight excluding hydrogens is 273 g/mol. The van der Waals surface area contributed by atoms with Crippen LogP contribution in [0.1, 0.15) is 21.7 Å². The van der Waals surface area contributed by atoms with Gasteiger partial charge in [-0.3, -0.25) is 9.89 Å². The van der Waals surface area contributed by atoms with Crippen LogP contribution in [-0.4, -0.2) is 34.2 Å². The fraction of sp³-hybridized carbons (Fsp3) is 0.214. The van der Waals surface area contributed by atoms with Crippen molar-refractivity contribution in [1.29, 1.82) is 0 Å². The van der Waals surface area contributed by atoms with Gasteiger partial charge in [0.2, 0.25) is 0 Å². The van der Waals surface area contributed by atoms with E-state index < -0.39 is 11.7 Å². The maximum absolute atomic E-state index is 13.7. The lowest BCUT2D eigenvalue weighted by atomic mass is 10.1. The molecule has 108 valence electrons. The molecule has 0 saturated heterocycles. The number of amides is 1. The molecule has 0 aliphatic heterocycles. The summed E-state index contributed by atoms with van der Waals surface area (Å²) in [5, 5.41) is 9.00. The minimum absolute atomic E-state index is 0.0450. The van der Waals surface area contributed by atoms with Gasteiger partial charge >= 0.3 is 0 Å². The second-order valence-electron chi connectivity index (χ2n) is 4.14. The van der Waals surface area contributed by atoms with Crippen LogP contribution in [-0.2, 0) is 6.42 Å². The first-order chi connectivity index (χ1) is 10.2. The molecule has 1 heterocycles. The van der Waals surface area contributed by atoms with Crippen LogP contribution in [0.2, 0.25) is 0 Å². The Hall–Kier alpha value is -2.72. The molecule has 0 aliphatic rings. The van der Waals surface area contributed by atoms with Crippen LogP contribution in [0.4, 0.5) is 4.39 Å². The van der Waals surface area contributed by atoms with Gasteiger partial charge in [-0.1, -0.05) is 11.8 Å². The molecule has 2 aromatic rings. The number of aromatic amines is 1. The Bertz CT molecular complexity index is 672. The molecule has 0 bridgehead atoms. The summed E-state index contributed by atoms with van der Waals surface area (Å²) in [6.07, 6.45) is 1.87. The zero-order chi connectivity index (χ0) is 15.1. The van der Waals surface area contributed by atoms with Crippen LogP contribution in [0.15, 0.2) is 24.5 Å². The Kier molecular flexibility index (Phi) is 5.01. The van der Waals surface area contributed by atoms with Crippen molar-refractivity contribution >= 4 is 5.91 Å². The number of nitrogens with zero attached hydrogens (tertiary/aromatic N) is 2. The quantitative estimate of drug-likeness (QED) is 0.701. The van der Waals surface area contributed by atoms with Crippen LogP contribution < -0.4 is 11.1 Å². The van der Waals surface area contributed by atoms with Crippen LogP contribution in [0, 0.1) is 17.7 Å². The van der Waals surface area contributed by atoms with Crippen molar-refractivity contribution in [3.05, 3.63) is 47.3 Å². The standard InChI is InChI=1S/C14H14FN5O/c15-12-4-3-10(2-1-6-16)8-11(12)14(21)17-7-5-13-18-9-19-20-13/h3-4,8-9H,5-7,16H2,(H,17,21)(H,18,19,20). The molecule has 21 heavy (non-hydrogen) atoms. The van der Waals surface area contributed by atoms with E-state index in [1.165, 1.54) is 24.5 Å². The molecule has 6 nitrogen and oxygen atoms in total. The second kappa shape index (κ2) is 7.17. The topological polar surface area (TPSA) is 96.7 Å². The molecule has 0 aliphatic carbocycles. The molecule has 2 rings (SSSR count). The first-order valence-electron chi connectivity index (χ1n) is 6.31. The highest BCUT2D eigenvalue weighted by Crippen LogP contribution is 2.10. The van der Waals surface area contributed by atoms with Gasteiger partial charge in [-0.05, 0) is 18.2 Å². The van der Waals surface area contributed by atoms with Gasteiger partial charge in [-0.15, -0.1) is 0 Å². The minimum atomic E-state index is -0.592. The number of nitrogens with one attached hydrogen (secondary N) is 2. The smallest absolute Gasteiger partial charge is 0.254 e. The number of hydrogen-bond donors (Lipinski definition) is 3. The normalized spacial score (nSPS) is 9.81. The molecule has 0 fully saturated rings. The molecule has 4 N–H and O–H groups in total. The summed E-state index contributed by atoms with van der Waals surface area (Å²) >= 11 is 0. The van der Waals surface area contributed by atoms with E-state index in [0.717, 1.165) is 0 Å². The van der Waals surface area contributed by atoms with Crippen molar-refractivity contribution in [2.24, 2.45) is 5.73 Å². The number of nitrogens with two attached hydrogens (primary N) is 1. The Balaban J connectivity index is 2.00. The van der Waals surface area contributed by atoms with E-state index in [1.807, 2.05) is 0 Å². The first kappa shape index (κ1) is 14.7. The van der Waals surface area contributed by atoms with Crippen LogP contribution in [0.5, 0.6) is 0 Å². The molecule has 0 unspecified atom stereocenters. The molecule has 7 heteroatoms. The van der Waals surface area contributed by atoms with Gasteiger partial charge in [0.1, 0.15) is 18.0 Å². The predicted molar refractivity (Wildman–Crippen MR) is 74.8 cm³/mol. The third-order valence-corrected chi connectivity index (χ3v) is 2.66. The van der Waals surface area contributed by atoms with E-state index in [0.29, 0.717) is 24.4 Å². The van der Waals surface area contributed by atoms with Gasteiger partial charge in [-0.25, -0.2) is 9.37 Å². The SMILES string of the molecule is NCC#Cc1ccc(F)c(C(=O)NCCc2ncn[nH]2)c1. The van der Waals surface area contributed by atoms with E-state index in [2.05, 4.69) is 32.3 Å². The molecular formula is C14H14FN5O. The first-order valence-corrected chi connectivity index (χ1v) is 6.31. The third-order valence-electron chi connectivity index (χ3n) is 2.66. The average molecular weight is 287 g/mol. The van der Waals surface area contributed by atoms with Gasteiger partial charge in [-0.2, -0.15) is 5.10 Å². The summed E-state index contributed by atoms with van der Waals surface area (Å²) in [7, 11) is 0. The summed E-state index contributed by atoms with van der Waals surface area (Å²) in [6.45, 7) is 0.530. The number of carbonyl (C=O) groups is 1. The van der Waals surface area contributed by atoms with Gasteiger partial charge < -0.3 is 11.1 Å². The number of hydrogen-bond acceptors (Lipinski definition) is 4. The zero-order valence-electron chi connectivity index (χ0n) is 11.2. The van der Waals surface area contributed by atoms with Crippen molar-refractivity contribution in [2.45, 2.75) is 6.42 Å². The van der Waals surface area contributed by atoms with Gasteiger partial charge in [0.05, 0.1) is 12.1 Å². The minimum Gasteiger partial charge on any atom is -0.351 e. The Morgan fingerprint density at radius 3 is 3.05 bits per heavy atom. The molecule has 1 amide bonds. The Morgan fingerprint density at radius 2 is 2.33 bits per heavy atom. The highest BCUT2D eigenvalue weighted by atomic mass is 19.1. The monoisotopic (exact) mass is 287 g/mol. The third kappa shape index (κ3) is 4.12. The van der Waals surface area contributed by atoms with E-state index in [9.17, 15) is 9.18 Å². The van der Waals surface area contributed by atoms with Crippen molar-refractivity contribution in [2.75, 3.05) is 13.1 Å². The molecule has 0 radical (unpaired) electrons. The number of carbonyl (C=O) groups excluding carboxylic acids is 1. The maximum Gasteiger partial charge on any atom is 0.254 e. The van der Waals surface area contributed by atoms with Crippen LogP contribution in [0.25, 0.3) is 0 Å². The van der Waals surface area contributed by atoms with Crippen molar-refractivity contribution in [3.63, 3.8) is 0 Å². The summed E-state index contributed by atoms with van der Waals surface area (Å²) in [4.78, 5) is 15.9. The van der Waals surface area contributed by atoms with Crippen molar-refractivity contribution in [3.8, 4) is 11.8 Å². The second-order valence-corrected chi connectivity index (χ2v) is 4.14. The summed E-state index contributed by atoms with van der Waals surface area (Å²) in [6, 6.07) is 4.12. The van der Waals surface area contributed by atoms with E-state index in [4.69, 9.17) is 5.73 Å². The largest absolute Gasteiger partial charge is 0.351 e. The van der Waals surface area contributed by atoms with Gasteiger partial charge in [0.15, 0.2) is 0 Å². The Morgan fingerprint density at radius 1 is 1.48 bits per heavy atom. The number of halogens is 1. The predicted octanol–water partition coefficient (Wildman–Crippen LogP) is 0.226. The van der Waals surface area contributed by atoms with E-state index in [1.54, 1.807) is 0 Å². The lowest BCUT2D eigenvalue weighted by Crippen LogP contribution is -2.26. The summed E-state index contributed by atoms with van der Waals surface area (Å²) in [5.74, 6) is 4.98. The van der Waals surface area contributed by atoms with Crippen molar-refractivity contribution < 1.29 is 9.18 Å². The molecule has 0 atom stereocenters. The van der Waals surface area contributed by atoms with Gasteiger partial charge in [0.25, 0.3) is 5.91 Å². The highest BCUT2D eigenvalue weighted by molar-refractivity contribution is 5.94. The maximum atomic E-state index is 13.7.